The maximum atomic E-state index is 12.7. The van der Waals surface area contributed by atoms with Crippen molar-refractivity contribution < 1.29 is 23.2 Å². The highest BCUT2D eigenvalue weighted by atomic mass is 32.1. The van der Waals surface area contributed by atoms with Crippen molar-refractivity contribution in [3.05, 3.63) is 22.4 Å². The van der Waals surface area contributed by atoms with Crippen molar-refractivity contribution in [1.29, 1.82) is 0 Å². The van der Waals surface area contributed by atoms with Crippen molar-refractivity contribution in [2.45, 2.75) is 26.6 Å². The van der Waals surface area contributed by atoms with Crippen LogP contribution in [-0.4, -0.2) is 30.7 Å². The molecule has 0 saturated carbocycles. The molecule has 0 fully saturated rings. The minimum absolute atomic E-state index is 0.116. The Morgan fingerprint density at radius 3 is 2.35 bits per heavy atom. The fourth-order valence-electron chi connectivity index (χ4n) is 1.58. The highest BCUT2D eigenvalue weighted by Gasteiger charge is 2.42. The van der Waals surface area contributed by atoms with Gasteiger partial charge in [0.15, 0.2) is 5.78 Å². The summed E-state index contributed by atoms with van der Waals surface area (Å²) < 4.78 is 23.0. The molecule has 112 valence electrons. The third kappa shape index (κ3) is 4.24. The molecule has 0 aliphatic heterocycles. The second-order valence-corrected chi connectivity index (χ2v) is 6.88. The minimum atomic E-state index is -3.76. The number of ketones is 1. The number of thiophene rings is 1. The summed E-state index contributed by atoms with van der Waals surface area (Å²) in [4.78, 5) is 24.1. The Bertz CT molecular complexity index is 492. The van der Waals surface area contributed by atoms with Crippen LogP contribution < -0.4 is 5.32 Å². The highest BCUT2D eigenvalue weighted by Crippen LogP contribution is 2.53. The van der Waals surface area contributed by atoms with Crippen molar-refractivity contribution >= 4 is 30.6 Å². The predicted octanol–water partition coefficient (Wildman–Crippen LogP) is 2.66. The Morgan fingerprint density at radius 2 is 1.95 bits per heavy atom. The van der Waals surface area contributed by atoms with Gasteiger partial charge in [-0.25, -0.2) is 0 Å². The summed E-state index contributed by atoms with van der Waals surface area (Å²) in [5.74, 6) is -2.27. The molecule has 1 aromatic heterocycles. The van der Waals surface area contributed by atoms with Gasteiger partial charge in [-0.1, -0.05) is 6.07 Å². The molecule has 1 N–H and O–H groups in total. The van der Waals surface area contributed by atoms with E-state index in [4.69, 9.17) is 9.05 Å². The van der Waals surface area contributed by atoms with Crippen molar-refractivity contribution in [2.24, 2.45) is 0 Å². The zero-order valence-corrected chi connectivity index (χ0v) is 13.3. The predicted molar refractivity (Wildman–Crippen MR) is 77.1 cm³/mol. The summed E-state index contributed by atoms with van der Waals surface area (Å²) in [5.41, 5.74) is 0. The van der Waals surface area contributed by atoms with Crippen LogP contribution in [0.3, 0.4) is 0 Å². The smallest absolute Gasteiger partial charge is 0.336 e. The first kappa shape index (κ1) is 17.0. The lowest BCUT2D eigenvalue weighted by Gasteiger charge is -2.25. The topological polar surface area (TPSA) is 81.7 Å². The van der Waals surface area contributed by atoms with Gasteiger partial charge in [0.05, 0.1) is 18.1 Å². The van der Waals surface area contributed by atoms with E-state index in [1.165, 1.54) is 18.3 Å². The molecule has 0 saturated heterocycles. The lowest BCUT2D eigenvalue weighted by atomic mass is 10.3. The van der Waals surface area contributed by atoms with E-state index in [1.807, 2.05) is 0 Å². The Hall–Kier alpha value is -1.01. The summed E-state index contributed by atoms with van der Waals surface area (Å²) >= 11 is 1.21. The van der Waals surface area contributed by atoms with Crippen LogP contribution in [0.25, 0.3) is 0 Å². The molecule has 1 atom stereocenters. The second kappa shape index (κ2) is 7.69. The number of amides is 1. The van der Waals surface area contributed by atoms with E-state index >= 15 is 0 Å². The summed E-state index contributed by atoms with van der Waals surface area (Å²) in [6, 6.07) is 3.30. The Labute approximate surface area is 122 Å². The third-order valence-corrected chi connectivity index (χ3v) is 5.40. The number of Topliss-reactive ketones (excluding diaryl/α,β-unsaturated/α-hetero) is 1. The first-order chi connectivity index (χ1) is 9.44. The van der Waals surface area contributed by atoms with Crippen molar-refractivity contribution in [1.82, 2.24) is 5.32 Å². The van der Waals surface area contributed by atoms with Crippen LogP contribution in [0.4, 0.5) is 0 Å². The van der Waals surface area contributed by atoms with Gasteiger partial charge in [-0.15, -0.1) is 11.3 Å². The molecule has 1 rings (SSSR count). The molecule has 0 aliphatic carbocycles. The van der Waals surface area contributed by atoms with E-state index < -0.39 is 25.1 Å². The van der Waals surface area contributed by atoms with Gasteiger partial charge in [0.1, 0.15) is 0 Å². The number of hydrogen-bond donors (Lipinski definition) is 1. The normalized spacial score (nSPS) is 12.9. The Balaban J connectivity index is 3.12. The van der Waals surface area contributed by atoms with Gasteiger partial charge in [-0.2, -0.15) is 0 Å². The monoisotopic (exact) mass is 319 g/mol. The highest BCUT2D eigenvalue weighted by molar-refractivity contribution is 7.56. The minimum Gasteiger partial charge on any atom is -0.336 e. The maximum absolute atomic E-state index is 12.7. The van der Waals surface area contributed by atoms with Gasteiger partial charge < -0.3 is 14.4 Å². The van der Waals surface area contributed by atoms with Crippen LogP contribution >= 0.6 is 18.9 Å². The number of carbonyl (C=O) groups excluding carboxylic acids is 2. The molecule has 0 aromatic carbocycles. The lowest BCUT2D eigenvalue weighted by Crippen LogP contribution is -2.40. The van der Waals surface area contributed by atoms with Crippen LogP contribution in [0.15, 0.2) is 17.5 Å². The van der Waals surface area contributed by atoms with Crippen LogP contribution in [0.5, 0.6) is 0 Å². The number of carbonyl (C=O) groups is 2. The largest absolute Gasteiger partial charge is 0.360 e. The van der Waals surface area contributed by atoms with Crippen LogP contribution in [0, 0.1) is 0 Å². The molecule has 1 heterocycles. The van der Waals surface area contributed by atoms with E-state index in [9.17, 15) is 14.2 Å². The van der Waals surface area contributed by atoms with E-state index in [2.05, 4.69) is 5.32 Å². The zero-order chi connectivity index (χ0) is 15.2. The van der Waals surface area contributed by atoms with Gasteiger partial charge in [0.25, 0.3) is 0 Å². The first-order valence-corrected chi connectivity index (χ1v) is 8.67. The molecule has 6 nitrogen and oxygen atoms in total. The van der Waals surface area contributed by atoms with E-state index in [-0.39, 0.29) is 13.2 Å². The number of nitrogens with one attached hydrogen (secondary N) is 1. The average Bonchev–Trinajstić information content (AvgIpc) is 2.89. The van der Waals surface area contributed by atoms with Crippen LogP contribution in [0.1, 0.15) is 30.4 Å². The van der Waals surface area contributed by atoms with Crippen LogP contribution in [-0.2, 0) is 18.4 Å². The standard InChI is InChI=1S/C12H18NO5PS/c1-4-17-19(16,18-5-2)12(13-9(3)14)11(15)10-7-6-8-20-10/h6-8,12H,4-5H2,1-3H3,(H,13,14)/t12-/m1/s1. The summed E-state index contributed by atoms with van der Waals surface area (Å²) in [5, 5.41) is 4.11. The molecule has 1 amide bonds. The zero-order valence-electron chi connectivity index (χ0n) is 11.6. The summed E-state index contributed by atoms with van der Waals surface area (Å²) in [6.45, 7) is 4.77. The van der Waals surface area contributed by atoms with Gasteiger partial charge >= 0.3 is 7.60 Å². The van der Waals surface area contributed by atoms with Gasteiger partial charge in [-0.3, -0.25) is 14.2 Å². The molecule has 0 bridgehead atoms. The average molecular weight is 319 g/mol. The van der Waals surface area contributed by atoms with E-state index in [0.29, 0.717) is 4.88 Å². The van der Waals surface area contributed by atoms with Gasteiger partial charge in [-0.05, 0) is 25.3 Å². The molecule has 8 heteroatoms. The SMILES string of the molecule is CCOP(=O)(OCC)[C@@H](NC(C)=O)C(=O)c1cccs1. The number of hydrogen-bond acceptors (Lipinski definition) is 6. The molecule has 1 aromatic rings. The molecule has 0 unspecified atom stereocenters. The van der Waals surface area contributed by atoms with E-state index in [0.717, 1.165) is 0 Å². The Kier molecular flexibility index (Phi) is 6.55. The quantitative estimate of drug-likeness (QED) is 0.588. The molecular formula is C12H18NO5PS. The molecular weight excluding hydrogens is 301 g/mol. The molecule has 0 radical (unpaired) electrons. The van der Waals surface area contributed by atoms with Gasteiger partial charge in [0, 0.05) is 6.92 Å². The fraction of sp³-hybridized carbons (Fsp3) is 0.500. The summed E-state index contributed by atoms with van der Waals surface area (Å²) in [6.07, 6.45) is 0. The molecule has 20 heavy (non-hydrogen) atoms. The van der Waals surface area contributed by atoms with E-state index in [1.54, 1.807) is 31.4 Å². The fourth-order valence-corrected chi connectivity index (χ4v) is 4.22. The summed E-state index contributed by atoms with van der Waals surface area (Å²) in [7, 11) is -3.76. The maximum Gasteiger partial charge on any atom is 0.360 e. The Morgan fingerprint density at radius 1 is 1.35 bits per heavy atom. The van der Waals surface area contributed by atoms with Crippen molar-refractivity contribution in [2.75, 3.05) is 13.2 Å². The lowest BCUT2D eigenvalue weighted by molar-refractivity contribution is -0.119. The van der Waals surface area contributed by atoms with Crippen LogP contribution in [0.2, 0.25) is 0 Å². The van der Waals surface area contributed by atoms with Crippen molar-refractivity contribution in [3.63, 3.8) is 0 Å². The molecule has 0 spiro atoms. The number of rotatable bonds is 8. The van der Waals surface area contributed by atoms with Gasteiger partial charge in [0.2, 0.25) is 11.7 Å². The molecule has 0 aliphatic rings. The second-order valence-electron chi connectivity index (χ2n) is 3.82. The third-order valence-electron chi connectivity index (χ3n) is 2.29. The first-order valence-electron chi connectivity index (χ1n) is 6.18. The van der Waals surface area contributed by atoms with Crippen molar-refractivity contribution in [3.8, 4) is 0 Å².